The molecule has 3 heterocycles. The molecule has 22 heavy (non-hydrogen) atoms. The van der Waals surface area contributed by atoms with E-state index in [0.29, 0.717) is 22.9 Å². The van der Waals surface area contributed by atoms with Crippen molar-refractivity contribution in [3.05, 3.63) is 59.7 Å². The van der Waals surface area contributed by atoms with Crippen LogP contribution in [0.5, 0.6) is 0 Å². The first-order valence-corrected chi connectivity index (χ1v) is 7.45. The smallest absolute Gasteiger partial charge is 0.260 e. The Hall–Kier alpha value is -2.69. The fraction of sp³-hybridized carbons (Fsp3) is 0.235. The fourth-order valence-electron chi connectivity index (χ4n) is 3.15. The SMILES string of the molecule is CC1CCc2c1cc(C(=O)Nc1ccccn1)c1nccn21. The van der Waals surface area contributed by atoms with Crippen LogP contribution in [0.15, 0.2) is 42.9 Å². The topological polar surface area (TPSA) is 59.3 Å². The number of pyridine rings is 2. The Balaban J connectivity index is 1.80. The van der Waals surface area contributed by atoms with Crippen molar-refractivity contribution < 1.29 is 4.79 Å². The Morgan fingerprint density at radius 2 is 2.23 bits per heavy atom. The number of fused-ring (bicyclic) bond motifs is 3. The molecule has 3 aromatic rings. The van der Waals surface area contributed by atoms with Gasteiger partial charge in [-0.2, -0.15) is 0 Å². The van der Waals surface area contributed by atoms with E-state index in [1.165, 1.54) is 11.3 Å². The second-order valence-electron chi connectivity index (χ2n) is 5.69. The van der Waals surface area contributed by atoms with Crippen molar-refractivity contribution in [1.29, 1.82) is 0 Å². The van der Waals surface area contributed by atoms with E-state index in [1.807, 2.05) is 28.8 Å². The van der Waals surface area contributed by atoms with E-state index in [4.69, 9.17) is 0 Å². The highest BCUT2D eigenvalue weighted by Gasteiger charge is 2.25. The number of anilines is 1. The van der Waals surface area contributed by atoms with Crippen molar-refractivity contribution in [2.45, 2.75) is 25.7 Å². The molecule has 1 N–H and O–H groups in total. The highest BCUT2D eigenvalue weighted by Crippen LogP contribution is 2.34. The number of carbonyl (C=O) groups excluding carboxylic acids is 1. The number of imidazole rings is 1. The van der Waals surface area contributed by atoms with E-state index in [-0.39, 0.29) is 5.91 Å². The van der Waals surface area contributed by atoms with Crippen LogP contribution in [0.4, 0.5) is 5.82 Å². The van der Waals surface area contributed by atoms with Crippen LogP contribution in [0, 0.1) is 0 Å². The number of nitrogens with one attached hydrogen (secondary N) is 1. The lowest BCUT2D eigenvalue weighted by molar-refractivity contribution is 0.102. The molecule has 1 aliphatic carbocycles. The van der Waals surface area contributed by atoms with Crippen LogP contribution in [0.3, 0.4) is 0 Å². The molecule has 0 fully saturated rings. The maximum absolute atomic E-state index is 12.6. The number of carbonyl (C=O) groups is 1. The number of amides is 1. The van der Waals surface area contributed by atoms with Crippen LogP contribution in [0.1, 0.15) is 40.9 Å². The van der Waals surface area contributed by atoms with Crippen LogP contribution in [-0.2, 0) is 6.42 Å². The predicted molar refractivity (Wildman–Crippen MR) is 84.1 cm³/mol. The van der Waals surface area contributed by atoms with Gasteiger partial charge in [0.25, 0.3) is 5.91 Å². The summed E-state index contributed by atoms with van der Waals surface area (Å²) in [5, 5.41) is 2.84. The summed E-state index contributed by atoms with van der Waals surface area (Å²) in [4.78, 5) is 21.1. The molecule has 1 amide bonds. The molecule has 5 heteroatoms. The summed E-state index contributed by atoms with van der Waals surface area (Å²) in [7, 11) is 0. The molecule has 0 radical (unpaired) electrons. The van der Waals surface area contributed by atoms with E-state index in [2.05, 4.69) is 22.2 Å². The Labute approximate surface area is 128 Å². The average Bonchev–Trinajstić information content (AvgIpc) is 3.14. The Morgan fingerprint density at radius 3 is 3.05 bits per heavy atom. The van der Waals surface area contributed by atoms with Crippen LogP contribution in [0.25, 0.3) is 5.65 Å². The molecule has 0 spiro atoms. The first kappa shape index (κ1) is 13.0. The number of aromatic nitrogens is 3. The van der Waals surface area contributed by atoms with Crippen molar-refractivity contribution in [3.63, 3.8) is 0 Å². The van der Waals surface area contributed by atoms with Gasteiger partial charge < -0.3 is 9.72 Å². The summed E-state index contributed by atoms with van der Waals surface area (Å²) in [5.41, 5.74) is 3.83. The normalized spacial score (nSPS) is 16.7. The molecular weight excluding hydrogens is 276 g/mol. The maximum atomic E-state index is 12.6. The van der Waals surface area contributed by atoms with Crippen LogP contribution in [0.2, 0.25) is 0 Å². The number of aryl methyl sites for hydroxylation is 1. The highest BCUT2D eigenvalue weighted by molar-refractivity contribution is 6.08. The van der Waals surface area contributed by atoms with E-state index >= 15 is 0 Å². The van der Waals surface area contributed by atoms with Gasteiger partial charge in [-0.1, -0.05) is 13.0 Å². The lowest BCUT2D eigenvalue weighted by Gasteiger charge is -2.11. The summed E-state index contributed by atoms with van der Waals surface area (Å²) >= 11 is 0. The zero-order valence-corrected chi connectivity index (χ0v) is 12.3. The third-order valence-electron chi connectivity index (χ3n) is 4.30. The van der Waals surface area contributed by atoms with Gasteiger partial charge in [0.1, 0.15) is 11.5 Å². The molecule has 110 valence electrons. The Morgan fingerprint density at radius 1 is 1.32 bits per heavy atom. The zero-order chi connectivity index (χ0) is 15.1. The number of nitrogens with zero attached hydrogens (tertiary/aromatic N) is 3. The van der Waals surface area contributed by atoms with Gasteiger partial charge >= 0.3 is 0 Å². The summed E-state index contributed by atoms with van der Waals surface area (Å²) < 4.78 is 2.05. The molecule has 0 saturated carbocycles. The molecule has 1 atom stereocenters. The van der Waals surface area contributed by atoms with Crippen molar-refractivity contribution in [2.24, 2.45) is 0 Å². The quantitative estimate of drug-likeness (QED) is 0.789. The third kappa shape index (κ3) is 1.97. The summed E-state index contributed by atoms with van der Waals surface area (Å²) in [6.45, 7) is 2.20. The third-order valence-corrected chi connectivity index (χ3v) is 4.30. The van der Waals surface area contributed by atoms with Gasteiger partial charge in [-0.15, -0.1) is 0 Å². The molecule has 1 aliphatic rings. The molecular formula is C17H16N4O. The molecule has 5 nitrogen and oxygen atoms in total. The molecule has 3 aromatic heterocycles. The molecule has 0 bridgehead atoms. The van der Waals surface area contributed by atoms with Gasteiger partial charge in [-0.05, 0) is 42.5 Å². The van der Waals surface area contributed by atoms with Crippen molar-refractivity contribution in [2.75, 3.05) is 5.32 Å². The molecule has 1 unspecified atom stereocenters. The van der Waals surface area contributed by atoms with E-state index < -0.39 is 0 Å². The van der Waals surface area contributed by atoms with Crippen molar-refractivity contribution in [1.82, 2.24) is 14.4 Å². The van der Waals surface area contributed by atoms with Crippen molar-refractivity contribution in [3.8, 4) is 0 Å². The minimum Gasteiger partial charge on any atom is -0.306 e. The number of hydrogen-bond donors (Lipinski definition) is 1. The van der Waals surface area contributed by atoms with Gasteiger partial charge in [0.15, 0.2) is 0 Å². The highest BCUT2D eigenvalue weighted by atomic mass is 16.1. The fourth-order valence-corrected chi connectivity index (χ4v) is 3.15. The maximum Gasteiger partial charge on any atom is 0.260 e. The Kier molecular flexibility index (Phi) is 2.92. The molecule has 0 saturated heterocycles. The number of hydrogen-bond acceptors (Lipinski definition) is 3. The lowest BCUT2D eigenvalue weighted by Crippen LogP contribution is -2.15. The first-order chi connectivity index (χ1) is 10.7. The van der Waals surface area contributed by atoms with E-state index in [0.717, 1.165) is 12.8 Å². The summed E-state index contributed by atoms with van der Waals surface area (Å²) in [6, 6.07) is 7.43. The lowest BCUT2D eigenvalue weighted by atomic mass is 10.0. The van der Waals surface area contributed by atoms with Crippen LogP contribution < -0.4 is 5.32 Å². The number of rotatable bonds is 2. The van der Waals surface area contributed by atoms with Gasteiger partial charge in [-0.25, -0.2) is 9.97 Å². The second-order valence-corrected chi connectivity index (χ2v) is 5.69. The van der Waals surface area contributed by atoms with E-state index in [9.17, 15) is 4.79 Å². The second kappa shape index (κ2) is 4.94. The first-order valence-electron chi connectivity index (χ1n) is 7.45. The molecule has 4 rings (SSSR count). The predicted octanol–water partition coefficient (Wildman–Crippen LogP) is 3.03. The average molecular weight is 292 g/mol. The summed E-state index contributed by atoms with van der Waals surface area (Å²) in [6.07, 6.45) is 7.49. The van der Waals surface area contributed by atoms with Crippen molar-refractivity contribution >= 4 is 17.4 Å². The summed E-state index contributed by atoms with van der Waals surface area (Å²) in [5.74, 6) is 0.853. The van der Waals surface area contributed by atoms with Gasteiger partial charge in [0, 0.05) is 24.3 Å². The van der Waals surface area contributed by atoms with E-state index in [1.54, 1.807) is 18.5 Å². The standard InChI is InChI=1S/C17H16N4O/c1-11-5-6-14-12(11)10-13(16-19-8-9-21(14)16)17(22)20-15-4-2-3-7-18-15/h2-4,7-11H,5-6H2,1H3,(H,18,20,22). The van der Waals surface area contributed by atoms with Gasteiger partial charge in [0.2, 0.25) is 0 Å². The monoisotopic (exact) mass is 292 g/mol. The minimum atomic E-state index is -0.170. The van der Waals surface area contributed by atoms with Crippen LogP contribution in [-0.4, -0.2) is 20.3 Å². The van der Waals surface area contributed by atoms with Crippen LogP contribution >= 0.6 is 0 Å². The largest absolute Gasteiger partial charge is 0.306 e. The molecule has 0 aliphatic heterocycles. The molecule has 0 aromatic carbocycles. The minimum absolute atomic E-state index is 0.170. The zero-order valence-electron chi connectivity index (χ0n) is 12.3. The van der Waals surface area contributed by atoms with Gasteiger partial charge in [-0.3, -0.25) is 4.79 Å². The Bertz CT molecular complexity index is 854. The van der Waals surface area contributed by atoms with Gasteiger partial charge in [0.05, 0.1) is 5.56 Å².